The summed E-state index contributed by atoms with van der Waals surface area (Å²) >= 11 is 1.69. The molecule has 0 aromatic rings. The number of carbonyl (C=O) groups excluding carboxylic acids is 1. The molecule has 0 aliphatic rings. The molecule has 0 rings (SSSR count). The minimum absolute atomic E-state index is 0.140. The molecule has 0 unspecified atom stereocenters. The van der Waals surface area contributed by atoms with Crippen LogP contribution in [0.2, 0.25) is 0 Å². The van der Waals surface area contributed by atoms with E-state index < -0.39 is 0 Å². The normalized spacial score (nSPS) is 9.18. The number of rotatable bonds is 6. The van der Waals surface area contributed by atoms with Crippen molar-refractivity contribution in [2.24, 2.45) is 0 Å². The highest BCUT2D eigenvalue weighted by molar-refractivity contribution is 7.98. The van der Waals surface area contributed by atoms with E-state index in [0.717, 1.165) is 18.7 Å². The van der Waals surface area contributed by atoms with Gasteiger partial charge in [0.25, 0.3) is 0 Å². The SMILES string of the molecule is C=CCCNC(=O)CCSC. The Balaban J connectivity index is 3.15. The summed E-state index contributed by atoms with van der Waals surface area (Å²) in [7, 11) is 0. The van der Waals surface area contributed by atoms with Gasteiger partial charge in [0.1, 0.15) is 0 Å². The molecule has 0 saturated heterocycles. The topological polar surface area (TPSA) is 29.1 Å². The molecule has 0 heterocycles. The van der Waals surface area contributed by atoms with Crippen molar-refractivity contribution in [3.8, 4) is 0 Å². The lowest BCUT2D eigenvalue weighted by Crippen LogP contribution is -2.24. The molecular formula is C8H15NOS. The molecule has 0 bridgehead atoms. The van der Waals surface area contributed by atoms with E-state index in [4.69, 9.17) is 0 Å². The molecule has 0 atom stereocenters. The molecule has 0 radical (unpaired) electrons. The summed E-state index contributed by atoms with van der Waals surface area (Å²) in [4.78, 5) is 10.9. The molecule has 64 valence electrons. The van der Waals surface area contributed by atoms with E-state index in [9.17, 15) is 4.79 Å². The van der Waals surface area contributed by atoms with Gasteiger partial charge in [0.15, 0.2) is 0 Å². The second-order valence-electron chi connectivity index (χ2n) is 2.17. The average Bonchev–Trinajstić information content (AvgIpc) is 2.01. The summed E-state index contributed by atoms with van der Waals surface area (Å²) in [5.74, 6) is 1.04. The van der Waals surface area contributed by atoms with Crippen molar-refractivity contribution in [2.45, 2.75) is 12.8 Å². The summed E-state index contributed by atoms with van der Waals surface area (Å²) in [5, 5.41) is 2.79. The van der Waals surface area contributed by atoms with E-state index in [0.29, 0.717) is 6.42 Å². The van der Waals surface area contributed by atoms with Crippen LogP contribution in [0.3, 0.4) is 0 Å². The maximum absolute atomic E-state index is 10.9. The van der Waals surface area contributed by atoms with Gasteiger partial charge >= 0.3 is 0 Å². The molecule has 3 heteroatoms. The molecule has 0 spiro atoms. The van der Waals surface area contributed by atoms with E-state index in [1.165, 1.54) is 0 Å². The first kappa shape index (κ1) is 10.6. The second-order valence-corrected chi connectivity index (χ2v) is 3.16. The maximum atomic E-state index is 10.9. The van der Waals surface area contributed by atoms with Crippen LogP contribution in [0, 0.1) is 0 Å². The first-order valence-corrected chi connectivity index (χ1v) is 5.07. The third-order valence-corrected chi connectivity index (χ3v) is 1.82. The molecule has 0 aliphatic carbocycles. The van der Waals surface area contributed by atoms with Crippen molar-refractivity contribution in [1.29, 1.82) is 0 Å². The van der Waals surface area contributed by atoms with Crippen LogP contribution in [0.4, 0.5) is 0 Å². The minimum Gasteiger partial charge on any atom is -0.356 e. The third-order valence-electron chi connectivity index (χ3n) is 1.20. The van der Waals surface area contributed by atoms with Crippen LogP contribution in [-0.4, -0.2) is 24.5 Å². The average molecular weight is 173 g/mol. The van der Waals surface area contributed by atoms with Crippen LogP contribution < -0.4 is 5.32 Å². The highest BCUT2D eigenvalue weighted by Gasteiger charge is 1.96. The van der Waals surface area contributed by atoms with Gasteiger partial charge in [0.2, 0.25) is 5.91 Å². The highest BCUT2D eigenvalue weighted by atomic mass is 32.2. The molecule has 0 aliphatic heterocycles. The minimum atomic E-state index is 0.140. The molecule has 0 aromatic heterocycles. The fraction of sp³-hybridized carbons (Fsp3) is 0.625. The number of hydrogen-bond acceptors (Lipinski definition) is 2. The molecular weight excluding hydrogens is 158 g/mol. The van der Waals surface area contributed by atoms with Gasteiger partial charge in [-0.1, -0.05) is 6.08 Å². The molecule has 11 heavy (non-hydrogen) atoms. The molecule has 2 nitrogen and oxygen atoms in total. The van der Waals surface area contributed by atoms with Crippen molar-refractivity contribution in [3.05, 3.63) is 12.7 Å². The monoisotopic (exact) mass is 173 g/mol. The quantitative estimate of drug-likeness (QED) is 0.486. The fourth-order valence-corrected chi connectivity index (χ4v) is 0.986. The Bertz CT molecular complexity index is 125. The van der Waals surface area contributed by atoms with Crippen molar-refractivity contribution in [1.82, 2.24) is 5.32 Å². The lowest BCUT2D eigenvalue weighted by Gasteiger charge is -2.00. The first-order chi connectivity index (χ1) is 5.31. The van der Waals surface area contributed by atoms with Crippen LogP contribution in [0.1, 0.15) is 12.8 Å². The van der Waals surface area contributed by atoms with E-state index in [2.05, 4.69) is 11.9 Å². The number of amides is 1. The molecule has 0 fully saturated rings. The van der Waals surface area contributed by atoms with Crippen LogP contribution in [0.25, 0.3) is 0 Å². The Kier molecular flexibility index (Phi) is 7.36. The Morgan fingerprint density at radius 2 is 2.45 bits per heavy atom. The molecule has 0 aromatic carbocycles. The van der Waals surface area contributed by atoms with E-state index >= 15 is 0 Å². The van der Waals surface area contributed by atoms with Crippen molar-refractivity contribution >= 4 is 17.7 Å². The smallest absolute Gasteiger partial charge is 0.220 e. The number of hydrogen-bond donors (Lipinski definition) is 1. The van der Waals surface area contributed by atoms with Gasteiger partial charge in [-0.05, 0) is 12.7 Å². The molecule has 0 saturated carbocycles. The zero-order chi connectivity index (χ0) is 8.53. The van der Waals surface area contributed by atoms with Crippen LogP contribution in [0.5, 0.6) is 0 Å². The van der Waals surface area contributed by atoms with Crippen molar-refractivity contribution in [2.75, 3.05) is 18.6 Å². The number of nitrogens with one attached hydrogen (secondary N) is 1. The number of carbonyl (C=O) groups is 1. The zero-order valence-electron chi connectivity index (χ0n) is 6.93. The number of thioether (sulfide) groups is 1. The Labute approximate surface area is 72.4 Å². The van der Waals surface area contributed by atoms with Crippen molar-refractivity contribution < 1.29 is 4.79 Å². The Morgan fingerprint density at radius 3 is 3.00 bits per heavy atom. The van der Waals surface area contributed by atoms with Gasteiger partial charge in [-0.25, -0.2) is 0 Å². The third kappa shape index (κ3) is 7.46. The van der Waals surface area contributed by atoms with Crippen LogP contribution >= 0.6 is 11.8 Å². The first-order valence-electron chi connectivity index (χ1n) is 3.67. The van der Waals surface area contributed by atoms with Gasteiger partial charge in [0.05, 0.1) is 0 Å². The summed E-state index contributed by atoms with van der Waals surface area (Å²) in [6, 6.07) is 0. The summed E-state index contributed by atoms with van der Waals surface area (Å²) < 4.78 is 0. The predicted molar refractivity (Wildman–Crippen MR) is 50.8 cm³/mol. The van der Waals surface area contributed by atoms with Gasteiger partial charge in [-0.3, -0.25) is 4.79 Å². The van der Waals surface area contributed by atoms with Crippen LogP contribution in [0.15, 0.2) is 12.7 Å². The predicted octanol–water partition coefficient (Wildman–Crippen LogP) is 1.43. The molecule has 1 N–H and O–H groups in total. The second kappa shape index (κ2) is 7.66. The highest BCUT2D eigenvalue weighted by Crippen LogP contribution is 1.94. The standard InChI is InChI=1S/C8H15NOS/c1-3-4-6-9-8(10)5-7-11-2/h3H,1,4-7H2,2H3,(H,9,10). The van der Waals surface area contributed by atoms with E-state index in [1.807, 2.05) is 6.26 Å². The fourth-order valence-electron chi connectivity index (χ4n) is 0.597. The summed E-state index contributed by atoms with van der Waals surface area (Å²) in [5.41, 5.74) is 0. The largest absolute Gasteiger partial charge is 0.356 e. The van der Waals surface area contributed by atoms with Crippen molar-refractivity contribution in [3.63, 3.8) is 0 Å². The van der Waals surface area contributed by atoms with Crippen LogP contribution in [-0.2, 0) is 4.79 Å². The molecule has 1 amide bonds. The van der Waals surface area contributed by atoms with Gasteiger partial charge in [-0.15, -0.1) is 6.58 Å². The lowest BCUT2D eigenvalue weighted by atomic mass is 10.4. The van der Waals surface area contributed by atoms with E-state index in [-0.39, 0.29) is 5.91 Å². The zero-order valence-corrected chi connectivity index (χ0v) is 7.75. The van der Waals surface area contributed by atoms with Gasteiger partial charge < -0.3 is 5.32 Å². The lowest BCUT2D eigenvalue weighted by molar-refractivity contribution is -0.120. The Hall–Kier alpha value is -0.440. The summed E-state index contributed by atoms with van der Waals surface area (Å²) in [6.45, 7) is 4.28. The summed E-state index contributed by atoms with van der Waals surface area (Å²) in [6.07, 6.45) is 5.27. The Morgan fingerprint density at radius 1 is 1.73 bits per heavy atom. The van der Waals surface area contributed by atoms with E-state index in [1.54, 1.807) is 17.8 Å². The van der Waals surface area contributed by atoms with Gasteiger partial charge in [0, 0.05) is 18.7 Å². The van der Waals surface area contributed by atoms with Gasteiger partial charge in [-0.2, -0.15) is 11.8 Å². The maximum Gasteiger partial charge on any atom is 0.220 e.